The molecule has 0 amide bonds. The van der Waals surface area contributed by atoms with Crippen LogP contribution < -0.4 is 5.73 Å². The number of fused-ring (bicyclic) bond motifs is 1. The first-order valence-electron chi connectivity index (χ1n) is 4.72. The van der Waals surface area contributed by atoms with Gasteiger partial charge in [0.2, 0.25) is 0 Å². The van der Waals surface area contributed by atoms with Gasteiger partial charge in [0, 0.05) is 5.69 Å². The van der Waals surface area contributed by atoms with Gasteiger partial charge in [0.15, 0.2) is 11.5 Å². The first-order valence-corrected chi connectivity index (χ1v) is 4.72. The van der Waals surface area contributed by atoms with Crippen LogP contribution in [0.5, 0.6) is 0 Å². The van der Waals surface area contributed by atoms with Crippen molar-refractivity contribution in [2.45, 2.75) is 6.92 Å². The van der Waals surface area contributed by atoms with Crippen molar-refractivity contribution in [1.82, 2.24) is 30.1 Å². The zero-order chi connectivity index (χ0) is 11.1. The van der Waals surface area contributed by atoms with Crippen molar-refractivity contribution in [2.24, 2.45) is 0 Å². The number of hydrogen-bond acceptors (Lipinski definition) is 5. The number of rotatable bonds is 1. The van der Waals surface area contributed by atoms with E-state index in [1.54, 1.807) is 6.20 Å². The fraction of sp³-hybridized carbons (Fsp3) is 0.111. The van der Waals surface area contributed by atoms with Crippen molar-refractivity contribution >= 4 is 17.0 Å². The molecule has 80 valence electrons. The minimum atomic E-state index is 0.393. The number of nitrogens with two attached hydrogens (primary N) is 1. The number of anilines is 1. The van der Waals surface area contributed by atoms with Gasteiger partial charge in [0.25, 0.3) is 0 Å². The number of H-pyrrole nitrogens is 2. The second-order valence-corrected chi connectivity index (χ2v) is 3.45. The molecule has 3 aromatic heterocycles. The van der Waals surface area contributed by atoms with Crippen LogP contribution in [0.15, 0.2) is 12.5 Å². The third-order valence-corrected chi connectivity index (χ3v) is 2.40. The van der Waals surface area contributed by atoms with Crippen molar-refractivity contribution in [3.63, 3.8) is 0 Å². The Morgan fingerprint density at radius 3 is 2.88 bits per heavy atom. The summed E-state index contributed by atoms with van der Waals surface area (Å²) in [5.41, 5.74) is 8.76. The number of nitrogens with zero attached hydrogens (tertiary/aromatic N) is 4. The summed E-state index contributed by atoms with van der Waals surface area (Å²) in [6.45, 7) is 1.92. The Morgan fingerprint density at radius 1 is 1.31 bits per heavy atom. The van der Waals surface area contributed by atoms with Crippen LogP contribution in [0.25, 0.3) is 22.6 Å². The molecule has 0 aliphatic rings. The number of hydrogen-bond donors (Lipinski definition) is 3. The maximum Gasteiger partial charge on any atom is 0.183 e. The molecule has 0 saturated heterocycles. The number of aromatic nitrogens is 6. The van der Waals surface area contributed by atoms with E-state index in [-0.39, 0.29) is 0 Å². The lowest BCUT2D eigenvalue weighted by Gasteiger charge is -1.91. The normalized spacial score (nSPS) is 11.1. The molecule has 0 bridgehead atoms. The molecule has 16 heavy (non-hydrogen) atoms. The molecule has 3 heterocycles. The molecule has 0 aliphatic carbocycles. The van der Waals surface area contributed by atoms with Crippen molar-refractivity contribution in [2.75, 3.05) is 5.73 Å². The minimum Gasteiger partial charge on any atom is -0.382 e. The van der Waals surface area contributed by atoms with Gasteiger partial charge < -0.3 is 10.7 Å². The molecule has 0 radical (unpaired) electrons. The summed E-state index contributed by atoms with van der Waals surface area (Å²) in [6.07, 6.45) is 3.10. The van der Waals surface area contributed by atoms with E-state index >= 15 is 0 Å². The lowest BCUT2D eigenvalue weighted by atomic mass is 10.2. The van der Waals surface area contributed by atoms with Gasteiger partial charge in [-0.05, 0) is 6.92 Å². The van der Waals surface area contributed by atoms with E-state index in [9.17, 15) is 0 Å². The zero-order valence-electron chi connectivity index (χ0n) is 8.52. The molecule has 0 aliphatic heterocycles. The monoisotopic (exact) mass is 215 g/mol. The van der Waals surface area contributed by atoms with Crippen LogP contribution in [0.4, 0.5) is 5.82 Å². The van der Waals surface area contributed by atoms with Crippen LogP contribution in [-0.2, 0) is 0 Å². The summed E-state index contributed by atoms with van der Waals surface area (Å²) in [5.74, 6) is 1.08. The van der Waals surface area contributed by atoms with E-state index in [1.807, 2.05) is 6.92 Å². The summed E-state index contributed by atoms with van der Waals surface area (Å²) in [5, 5.41) is 6.79. The largest absolute Gasteiger partial charge is 0.382 e. The van der Waals surface area contributed by atoms with E-state index in [1.165, 1.54) is 6.33 Å². The van der Waals surface area contributed by atoms with E-state index in [0.717, 1.165) is 11.3 Å². The maximum absolute atomic E-state index is 5.72. The van der Waals surface area contributed by atoms with Crippen molar-refractivity contribution in [3.05, 3.63) is 18.2 Å². The van der Waals surface area contributed by atoms with Gasteiger partial charge in [-0.2, -0.15) is 5.10 Å². The van der Waals surface area contributed by atoms with E-state index in [0.29, 0.717) is 22.8 Å². The summed E-state index contributed by atoms with van der Waals surface area (Å²) >= 11 is 0. The molecule has 0 unspecified atom stereocenters. The van der Waals surface area contributed by atoms with Crippen LogP contribution in [0, 0.1) is 6.92 Å². The predicted molar refractivity (Wildman–Crippen MR) is 58.4 cm³/mol. The molecule has 7 heteroatoms. The number of nitrogen functional groups attached to an aromatic ring is 1. The quantitative estimate of drug-likeness (QED) is 0.551. The average molecular weight is 215 g/mol. The molecule has 0 aromatic carbocycles. The van der Waals surface area contributed by atoms with Gasteiger partial charge >= 0.3 is 0 Å². The van der Waals surface area contributed by atoms with Crippen LogP contribution in [0.1, 0.15) is 5.69 Å². The third kappa shape index (κ3) is 1.14. The second-order valence-electron chi connectivity index (χ2n) is 3.45. The first kappa shape index (κ1) is 8.84. The lowest BCUT2D eigenvalue weighted by Crippen LogP contribution is -1.91. The predicted octanol–water partition coefficient (Wildman–Crippen LogP) is 0.634. The van der Waals surface area contributed by atoms with Crippen molar-refractivity contribution in [3.8, 4) is 11.4 Å². The Morgan fingerprint density at radius 2 is 2.19 bits per heavy atom. The molecule has 0 spiro atoms. The highest BCUT2D eigenvalue weighted by Crippen LogP contribution is 2.22. The number of aromatic amines is 2. The Labute approximate surface area is 90.1 Å². The molecular weight excluding hydrogens is 206 g/mol. The number of aryl methyl sites for hydroxylation is 1. The van der Waals surface area contributed by atoms with Gasteiger partial charge in [0.05, 0.1) is 11.8 Å². The van der Waals surface area contributed by atoms with Gasteiger partial charge in [-0.25, -0.2) is 15.0 Å². The molecule has 3 aromatic rings. The third-order valence-electron chi connectivity index (χ3n) is 2.40. The molecule has 7 nitrogen and oxygen atoms in total. The topological polar surface area (TPSA) is 109 Å². The molecule has 0 saturated carbocycles. The van der Waals surface area contributed by atoms with Crippen LogP contribution in [-0.4, -0.2) is 30.1 Å². The Kier molecular flexibility index (Phi) is 1.67. The fourth-order valence-electron chi connectivity index (χ4n) is 1.56. The van der Waals surface area contributed by atoms with Gasteiger partial charge in [-0.3, -0.25) is 5.10 Å². The molecule has 0 atom stereocenters. The second kappa shape index (κ2) is 3.02. The smallest absolute Gasteiger partial charge is 0.183 e. The lowest BCUT2D eigenvalue weighted by molar-refractivity contribution is 1.05. The van der Waals surface area contributed by atoms with Gasteiger partial charge in [-0.15, -0.1) is 0 Å². The molecule has 4 N–H and O–H groups in total. The average Bonchev–Trinajstić information content (AvgIpc) is 2.84. The van der Waals surface area contributed by atoms with Crippen LogP contribution in [0.2, 0.25) is 0 Å². The van der Waals surface area contributed by atoms with Crippen LogP contribution in [0.3, 0.4) is 0 Å². The zero-order valence-corrected chi connectivity index (χ0v) is 8.52. The Bertz CT molecular complexity index is 651. The van der Waals surface area contributed by atoms with E-state index in [2.05, 4.69) is 30.1 Å². The fourth-order valence-corrected chi connectivity index (χ4v) is 1.56. The minimum absolute atomic E-state index is 0.393. The van der Waals surface area contributed by atoms with E-state index in [4.69, 9.17) is 5.73 Å². The highest BCUT2D eigenvalue weighted by Gasteiger charge is 2.11. The molecule has 3 rings (SSSR count). The summed E-state index contributed by atoms with van der Waals surface area (Å²) < 4.78 is 0. The summed E-state index contributed by atoms with van der Waals surface area (Å²) in [4.78, 5) is 15.4. The Hall–Kier alpha value is -2.44. The molecule has 0 fully saturated rings. The summed E-state index contributed by atoms with van der Waals surface area (Å²) in [6, 6.07) is 0. The van der Waals surface area contributed by atoms with Crippen LogP contribution >= 0.6 is 0 Å². The highest BCUT2D eigenvalue weighted by molar-refractivity contribution is 5.84. The van der Waals surface area contributed by atoms with Gasteiger partial charge in [0.1, 0.15) is 17.7 Å². The molecular formula is C9H9N7. The standard InChI is InChI=1S/C9H9N7/c1-4-5(2-13-16-4)8-14-6-7(10)11-3-12-9(6)15-8/h2-3H,1H3,(H,13,16)(H3,10,11,12,14,15). The van der Waals surface area contributed by atoms with Crippen molar-refractivity contribution < 1.29 is 0 Å². The number of imidazole rings is 1. The van der Waals surface area contributed by atoms with E-state index < -0.39 is 0 Å². The number of nitrogens with one attached hydrogen (secondary N) is 2. The maximum atomic E-state index is 5.72. The first-order chi connectivity index (χ1) is 7.75. The Balaban J connectivity index is 2.27. The summed E-state index contributed by atoms with van der Waals surface area (Å²) in [7, 11) is 0. The van der Waals surface area contributed by atoms with Gasteiger partial charge in [-0.1, -0.05) is 0 Å². The highest BCUT2D eigenvalue weighted by atomic mass is 15.1. The SMILES string of the molecule is Cc1[nH]ncc1-c1nc2ncnc(N)c2[nH]1. The van der Waals surface area contributed by atoms with Crippen molar-refractivity contribution in [1.29, 1.82) is 0 Å².